The maximum absolute atomic E-state index is 12.0. The third kappa shape index (κ3) is 6.03. The van der Waals surface area contributed by atoms with Gasteiger partial charge in [0.2, 0.25) is 0 Å². The number of esters is 1. The van der Waals surface area contributed by atoms with Crippen LogP contribution < -0.4 is 16.6 Å². The average Bonchev–Trinajstić information content (AvgIpc) is 2.49. The molecule has 0 unspecified atom stereocenters. The van der Waals surface area contributed by atoms with Gasteiger partial charge in [-0.15, -0.1) is 0 Å². The van der Waals surface area contributed by atoms with E-state index in [1.54, 1.807) is 13.8 Å². The lowest BCUT2D eigenvalue weighted by Crippen LogP contribution is -2.30. The molecule has 0 amide bonds. The summed E-state index contributed by atoms with van der Waals surface area (Å²) >= 11 is 4.68. The van der Waals surface area contributed by atoms with Crippen LogP contribution in [0.5, 0.6) is 0 Å². The summed E-state index contributed by atoms with van der Waals surface area (Å²) in [6, 6.07) is 5.89. The van der Waals surface area contributed by atoms with Crippen molar-refractivity contribution >= 4 is 40.4 Å². The summed E-state index contributed by atoms with van der Waals surface area (Å²) in [5.74, 6) is -0.587. The number of benzene rings is 1. The van der Waals surface area contributed by atoms with Crippen LogP contribution in [-0.4, -0.2) is 29.1 Å². The van der Waals surface area contributed by atoms with Gasteiger partial charge in [0.15, 0.2) is 10.8 Å². The van der Waals surface area contributed by atoms with Gasteiger partial charge in [-0.05, 0) is 57.1 Å². The molecule has 0 radical (unpaired) electrons. The monoisotopic (exact) mass is 335 g/mol. The first-order valence-electron chi connectivity index (χ1n) is 7.03. The standard InChI is InChI=1S/C15H21N5O2S/c1-5-22-14(21)13(11(4)17-20-15(16)23)19-18-12-8-9(2)6-7-10(12)3/h6-8,18H,5H2,1-4H3,(H3,16,20,23)/b17-11+,19-13-. The summed E-state index contributed by atoms with van der Waals surface area (Å²) in [4.78, 5) is 12.0. The summed E-state index contributed by atoms with van der Waals surface area (Å²) in [6.45, 7) is 7.46. The highest BCUT2D eigenvalue weighted by atomic mass is 32.1. The second-order valence-corrected chi connectivity index (χ2v) is 5.22. The van der Waals surface area contributed by atoms with Crippen molar-refractivity contribution in [3.63, 3.8) is 0 Å². The Hall–Kier alpha value is -2.48. The zero-order chi connectivity index (χ0) is 17.4. The number of carbonyl (C=O) groups is 1. The molecule has 0 fully saturated rings. The van der Waals surface area contributed by atoms with E-state index in [9.17, 15) is 4.79 Å². The summed E-state index contributed by atoms with van der Waals surface area (Å²) in [5.41, 5.74) is 13.8. The molecular formula is C15H21N5O2S. The topological polar surface area (TPSA) is 101 Å². The zero-order valence-corrected chi connectivity index (χ0v) is 14.5. The lowest BCUT2D eigenvalue weighted by Gasteiger charge is -2.09. The fourth-order valence-electron chi connectivity index (χ4n) is 1.64. The van der Waals surface area contributed by atoms with Gasteiger partial charge in [-0.3, -0.25) is 10.9 Å². The Balaban J connectivity index is 3.08. The maximum Gasteiger partial charge on any atom is 0.360 e. The molecule has 1 rings (SSSR count). The van der Waals surface area contributed by atoms with Crippen molar-refractivity contribution in [1.29, 1.82) is 0 Å². The third-order valence-corrected chi connectivity index (χ3v) is 2.92. The maximum atomic E-state index is 12.0. The Labute approximate surface area is 141 Å². The number of rotatable bonds is 6. The summed E-state index contributed by atoms with van der Waals surface area (Å²) in [6.07, 6.45) is 0. The number of ether oxygens (including phenoxy) is 1. The molecule has 124 valence electrons. The molecule has 0 aliphatic rings. The van der Waals surface area contributed by atoms with Crippen molar-refractivity contribution in [3.8, 4) is 0 Å². The van der Waals surface area contributed by atoms with Crippen molar-refractivity contribution in [2.75, 3.05) is 12.0 Å². The van der Waals surface area contributed by atoms with Gasteiger partial charge in [0.1, 0.15) is 0 Å². The Bertz CT molecular complexity index is 655. The molecule has 8 heteroatoms. The van der Waals surface area contributed by atoms with Gasteiger partial charge >= 0.3 is 5.97 Å². The SMILES string of the molecule is CCOC(=O)C(=N\Nc1cc(C)ccc1C)/C(C)=N/NC(N)=S. The van der Waals surface area contributed by atoms with Gasteiger partial charge in [0.25, 0.3) is 0 Å². The molecule has 0 heterocycles. The van der Waals surface area contributed by atoms with E-state index in [2.05, 4.69) is 33.3 Å². The first-order valence-corrected chi connectivity index (χ1v) is 7.44. The van der Waals surface area contributed by atoms with E-state index in [4.69, 9.17) is 10.5 Å². The molecule has 0 aromatic heterocycles. The predicted molar refractivity (Wildman–Crippen MR) is 96.6 cm³/mol. The number of nitrogens with two attached hydrogens (primary N) is 1. The van der Waals surface area contributed by atoms with Gasteiger partial charge in [-0.2, -0.15) is 10.2 Å². The van der Waals surface area contributed by atoms with Crippen molar-refractivity contribution in [2.24, 2.45) is 15.9 Å². The molecule has 0 aliphatic heterocycles. The number of carbonyl (C=O) groups excluding carboxylic acids is 1. The second-order valence-electron chi connectivity index (χ2n) is 4.78. The van der Waals surface area contributed by atoms with Gasteiger partial charge in [0, 0.05) is 0 Å². The van der Waals surface area contributed by atoms with Gasteiger partial charge < -0.3 is 10.5 Å². The average molecular weight is 335 g/mol. The molecule has 0 bridgehead atoms. The van der Waals surface area contributed by atoms with Gasteiger partial charge in [-0.1, -0.05) is 12.1 Å². The lowest BCUT2D eigenvalue weighted by atomic mass is 10.1. The lowest BCUT2D eigenvalue weighted by molar-refractivity contribution is -0.134. The van der Waals surface area contributed by atoms with E-state index >= 15 is 0 Å². The first kappa shape index (κ1) is 18.6. The molecule has 0 aliphatic carbocycles. The van der Waals surface area contributed by atoms with Crippen LogP contribution in [0.4, 0.5) is 5.69 Å². The number of hydrogen-bond donors (Lipinski definition) is 3. The van der Waals surface area contributed by atoms with Crippen LogP contribution in [0.2, 0.25) is 0 Å². The Morgan fingerprint density at radius 1 is 1.35 bits per heavy atom. The Morgan fingerprint density at radius 2 is 2.04 bits per heavy atom. The van der Waals surface area contributed by atoms with Crippen LogP contribution in [0.1, 0.15) is 25.0 Å². The largest absolute Gasteiger partial charge is 0.461 e. The minimum Gasteiger partial charge on any atom is -0.461 e. The summed E-state index contributed by atoms with van der Waals surface area (Å²) in [5, 5.41) is 8.03. The fraction of sp³-hybridized carbons (Fsp3) is 0.333. The van der Waals surface area contributed by atoms with Crippen LogP contribution in [0.3, 0.4) is 0 Å². The number of thiocarbonyl (C=S) groups is 1. The Kier molecular flexibility index (Phi) is 7.14. The molecule has 7 nitrogen and oxygen atoms in total. The van der Waals surface area contributed by atoms with Crippen molar-refractivity contribution in [1.82, 2.24) is 5.43 Å². The molecule has 0 spiro atoms. The Morgan fingerprint density at radius 3 is 2.65 bits per heavy atom. The third-order valence-electron chi connectivity index (χ3n) is 2.83. The number of nitrogens with one attached hydrogen (secondary N) is 2. The molecule has 1 aromatic rings. The van der Waals surface area contributed by atoms with Gasteiger partial charge in [0.05, 0.1) is 18.0 Å². The first-order chi connectivity index (χ1) is 10.8. The van der Waals surface area contributed by atoms with E-state index in [0.29, 0.717) is 5.71 Å². The zero-order valence-electron chi connectivity index (χ0n) is 13.6. The van der Waals surface area contributed by atoms with E-state index in [-0.39, 0.29) is 17.4 Å². The number of hydrazone groups is 2. The number of anilines is 1. The number of nitrogens with zero attached hydrogens (tertiary/aromatic N) is 2. The highest BCUT2D eigenvalue weighted by Crippen LogP contribution is 2.16. The van der Waals surface area contributed by atoms with Crippen LogP contribution in [0.25, 0.3) is 0 Å². The second kappa shape index (κ2) is 8.84. The molecule has 1 aromatic carbocycles. The summed E-state index contributed by atoms with van der Waals surface area (Å²) in [7, 11) is 0. The molecule has 0 saturated heterocycles. The normalized spacial score (nSPS) is 11.8. The van der Waals surface area contributed by atoms with E-state index < -0.39 is 5.97 Å². The van der Waals surface area contributed by atoms with Crippen molar-refractivity contribution in [2.45, 2.75) is 27.7 Å². The van der Waals surface area contributed by atoms with Crippen LogP contribution in [0.15, 0.2) is 28.4 Å². The van der Waals surface area contributed by atoms with Crippen molar-refractivity contribution in [3.05, 3.63) is 29.3 Å². The van der Waals surface area contributed by atoms with Crippen LogP contribution in [-0.2, 0) is 9.53 Å². The van der Waals surface area contributed by atoms with Gasteiger partial charge in [-0.25, -0.2) is 4.79 Å². The van der Waals surface area contributed by atoms with E-state index in [0.717, 1.165) is 16.8 Å². The summed E-state index contributed by atoms with van der Waals surface area (Å²) < 4.78 is 4.99. The van der Waals surface area contributed by atoms with Crippen molar-refractivity contribution < 1.29 is 9.53 Å². The fourth-order valence-corrected chi connectivity index (χ4v) is 1.68. The molecule has 0 saturated carbocycles. The van der Waals surface area contributed by atoms with E-state index in [1.807, 2.05) is 32.0 Å². The molecule has 0 atom stereocenters. The highest BCUT2D eigenvalue weighted by molar-refractivity contribution is 7.80. The molecular weight excluding hydrogens is 314 g/mol. The van der Waals surface area contributed by atoms with Crippen LogP contribution in [0, 0.1) is 13.8 Å². The molecule has 23 heavy (non-hydrogen) atoms. The number of hydrogen-bond acceptors (Lipinski definition) is 6. The minimum absolute atomic E-state index is 0.00459. The molecule has 4 N–H and O–H groups in total. The minimum atomic E-state index is -0.587. The number of aryl methyl sites for hydroxylation is 2. The van der Waals surface area contributed by atoms with E-state index in [1.165, 1.54) is 0 Å². The quantitative estimate of drug-likeness (QED) is 0.317. The van der Waals surface area contributed by atoms with Crippen LogP contribution >= 0.6 is 12.2 Å². The predicted octanol–water partition coefficient (Wildman–Crippen LogP) is 1.84. The highest BCUT2D eigenvalue weighted by Gasteiger charge is 2.17. The smallest absolute Gasteiger partial charge is 0.360 e.